The Kier molecular flexibility index (Phi) is 7.06. The molecule has 0 atom stereocenters. The van der Waals surface area contributed by atoms with Gasteiger partial charge in [-0.05, 0) is 55.7 Å². The van der Waals surface area contributed by atoms with E-state index in [1.54, 1.807) is 24.3 Å². The van der Waals surface area contributed by atoms with Gasteiger partial charge in [0.2, 0.25) is 11.9 Å². The molecule has 9 heteroatoms. The van der Waals surface area contributed by atoms with Gasteiger partial charge in [0.25, 0.3) is 0 Å². The van der Waals surface area contributed by atoms with Crippen LogP contribution in [0.5, 0.6) is 0 Å². The minimum Gasteiger partial charge on any atom is -0.465 e. The first-order valence-electron chi connectivity index (χ1n) is 10.5. The Morgan fingerprint density at radius 3 is 2.41 bits per heavy atom. The summed E-state index contributed by atoms with van der Waals surface area (Å²) in [5, 5.41) is 12.4. The third kappa shape index (κ3) is 5.11. The largest absolute Gasteiger partial charge is 0.465 e. The molecule has 1 amide bonds. The Morgan fingerprint density at radius 2 is 1.72 bits per heavy atom. The summed E-state index contributed by atoms with van der Waals surface area (Å²) in [6, 6.07) is 16.6. The number of methoxy groups -OCH3 is 1. The van der Waals surface area contributed by atoms with Crippen LogP contribution >= 0.6 is 11.8 Å². The van der Waals surface area contributed by atoms with Gasteiger partial charge >= 0.3 is 5.97 Å². The predicted octanol–water partition coefficient (Wildman–Crippen LogP) is 3.78. The Labute approximate surface area is 191 Å². The van der Waals surface area contributed by atoms with Crippen LogP contribution in [0.3, 0.4) is 0 Å². The van der Waals surface area contributed by atoms with Crippen LogP contribution in [0.15, 0.2) is 59.8 Å². The second kappa shape index (κ2) is 10.3. The van der Waals surface area contributed by atoms with E-state index in [4.69, 9.17) is 0 Å². The monoisotopic (exact) mass is 451 g/mol. The second-order valence-electron chi connectivity index (χ2n) is 7.41. The minimum atomic E-state index is -0.414. The number of esters is 1. The lowest BCUT2D eigenvalue weighted by Gasteiger charge is -2.27. The maximum atomic E-state index is 12.5. The number of nitrogens with one attached hydrogen (secondary N) is 1. The molecule has 4 rings (SSSR count). The van der Waals surface area contributed by atoms with Crippen LogP contribution in [0.1, 0.15) is 29.6 Å². The van der Waals surface area contributed by atoms with E-state index < -0.39 is 5.97 Å². The minimum absolute atomic E-state index is 0.164. The zero-order valence-electron chi connectivity index (χ0n) is 17.9. The van der Waals surface area contributed by atoms with E-state index in [0.29, 0.717) is 16.4 Å². The second-order valence-corrected chi connectivity index (χ2v) is 8.35. The van der Waals surface area contributed by atoms with E-state index in [-0.39, 0.29) is 11.7 Å². The van der Waals surface area contributed by atoms with Gasteiger partial charge in [-0.15, -0.1) is 10.2 Å². The van der Waals surface area contributed by atoms with Gasteiger partial charge in [-0.3, -0.25) is 9.36 Å². The number of thioether (sulfide) groups is 1. The molecule has 3 aromatic rings. The maximum Gasteiger partial charge on any atom is 0.337 e. The smallest absolute Gasteiger partial charge is 0.337 e. The molecule has 1 N–H and O–H groups in total. The summed E-state index contributed by atoms with van der Waals surface area (Å²) in [4.78, 5) is 26.3. The lowest BCUT2D eigenvalue weighted by molar-refractivity contribution is -0.113. The van der Waals surface area contributed by atoms with Crippen LogP contribution < -0.4 is 10.2 Å². The van der Waals surface area contributed by atoms with Gasteiger partial charge in [0.05, 0.1) is 24.1 Å². The molecule has 1 aliphatic rings. The summed E-state index contributed by atoms with van der Waals surface area (Å²) in [6.45, 7) is 1.91. The number of hydrogen-bond acceptors (Lipinski definition) is 7. The average molecular weight is 452 g/mol. The fourth-order valence-electron chi connectivity index (χ4n) is 3.59. The fraction of sp³-hybridized carbons (Fsp3) is 0.304. The van der Waals surface area contributed by atoms with Crippen molar-refractivity contribution in [2.45, 2.75) is 24.4 Å². The Balaban J connectivity index is 1.46. The van der Waals surface area contributed by atoms with Crippen LogP contribution in [0.25, 0.3) is 5.69 Å². The van der Waals surface area contributed by atoms with Crippen molar-refractivity contribution in [3.63, 3.8) is 0 Å². The van der Waals surface area contributed by atoms with Crippen LogP contribution in [0.2, 0.25) is 0 Å². The summed E-state index contributed by atoms with van der Waals surface area (Å²) in [6.07, 6.45) is 3.51. The van der Waals surface area contributed by atoms with Gasteiger partial charge < -0.3 is 15.0 Å². The zero-order valence-corrected chi connectivity index (χ0v) is 18.7. The molecule has 1 aliphatic heterocycles. The Morgan fingerprint density at radius 1 is 1.00 bits per heavy atom. The molecule has 2 aromatic carbocycles. The summed E-state index contributed by atoms with van der Waals surface area (Å²) in [5.74, 6) is 0.423. The fourth-order valence-corrected chi connectivity index (χ4v) is 4.34. The van der Waals surface area contributed by atoms with E-state index in [1.807, 2.05) is 34.9 Å². The first-order chi connectivity index (χ1) is 15.7. The van der Waals surface area contributed by atoms with Gasteiger partial charge in [0.1, 0.15) is 0 Å². The molecule has 1 fully saturated rings. The van der Waals surface area contributed by atoms with Gasteiger partial charge in [0.15, 0.2) is 5.16 Å². The SMILES string of the molecule is COC(=O)c1ccc(NC(=O)CSc2nnc(N3CCCCC3)n2-c2ccccc2)cc1. The average Bonchev–Trinajstić information content (AvgIpc) is 3.28. The number of carbonyl (C=O) groups excluding carboxylic acids is 2. The van der Waals surface area contributed by atoms with Crippen molar-refractivity contribution in [3.8, 4) is 5.69 Å². The van der Waals surface area contributed by atoms with Crippen LogP contribution in [-0.4, -0.2) is 52.6 Å². The number of ether oxygens (including phenoxy) is 1. The topological polar surface area (TPSA) is 89.3 Å². The van der Waals surface area contributed by atoms with E-state index in [1.165, 1.54) is 25.3 Å². The van der Waals surface area contributed by atoms with Crippen LogP contribution in [-0.2, 0) is 9.53 Å². The molecule has 0 radical (unpaired) electrons. The Hall–Kier alpha value is -3.33. The third-order valence-electron chi connectivity index (χ3n) is 5.19. The highest BCUT2D eigenvalue weighted by Crippen LogP contribution is 2.28. The van der Waals surface area contributed by atoms with Crippen LogP contribution in [0.4, 0.5) is 11.6 Å². The highest BCUT2D eigenvalue weighted by molar-refractivity contribution is 7.99. The number of anilines is 2. The molecule has 0 unspecified atom stereocenters. The number of hydrogen-bond donors (Lipinski definition) is 1. The van der Waals surface area contributed by atoms with Crippen molar-refractivity contribution < 1.29 is 14.3 Å². The lowest BCUT2D eigenvalue weighted by atomic mass is 10.1. The molecular weight excluding hydrogens is 426 g/mol. The molecule has 0 spiro atoms. The number of amides is 1. The summed E-state index contributed by atoms with van der Waals surface area (Å²) < 4.78 is 6.71. The third-order valence-corrected chi connectivity index (χ3v) is 6.12. The van der Waals surface area contributed by atoms with Gasteiger partial charge in [-0.1, -0.05) is 30.0 Å². The van der Waals surface area contributed by atoms with Crippen molar-refractivity contribution in [1.82, 2.24) is 14.8 Å². The van der Waals surface area contributed by atoms with Gasteiger partial charge in [-0.2, -0.15) is 0 Å². The highest BCUT2D eigenvalue weighted by Gasteiger charge is 2.22. The van der Waals surface area contributed by atoms with Crippen molar-refractivity contribution >= 4 is 35.3 Å². The Bertz CT molecular complexity index is 1060. The summed E-state index contributed by atoms with van der Waals surface area (Å²) >= 11 is 1.34. The number of rotatable bonds is 7. The molecule has 2 heterocycles. The molecule has 166 valence electrons. The zero-order chi connectivity index (χ0) is 22.3. The van der Waals surface area contributed by atoms with E-state index in [9.17, 15) is 9.59 Å². The van der Waals surface area contributed by atoms with Crippen molar-refractivity contribution in [2.75, 3.05) is 36.2 Å². The van der Waals surface area contributed by atoms with Crippen molar-refractivity contribution in [2.24, 2.45) is 0 Å². The number of para-hydroxylation sites is 1. The quantitative estimate of drug-likeness (QED) is 0.432. The number of carbonyl (C=O) groups is 2. The normalized spacial score (nSPS) is 13.6. The highest BCUT2D eigenvalue weighted by atomic mass is 32.2. The molecule has 1 saturated heterocycles. The molecular formula is C23H25N5O3S. The molecule has 1 aromatic heterocycles. The van der Waals surface area contributed by atoms with Crippen molar-refractivity contribution in [1.29, 1.82) is 0 Å². The van der Waals surface area contributed by atoms with Gasteiger partial charge in [-0.25, -0.2) is 4.79 Å². The maximum absolute atomic E-state index is 12.5. The molecule has 8 nitrogen and oxygen atoms in total. The summed E-state index contributed by atoms with van der Waals surface area (Å²) in [5.41, 5.74) is 2.02. The number of piperidine rings is 1. The number of nitrogens with zero attached hydrogens (tertiary/aromatic N) is 4. The number of benzene rings is 2. The molecule has 0 bridgehead atoms. The molecule has 0 aliphatic carbocycles. The predicted molar refractivity (Wildman–Crippen MR) is 125 cm³/mol. The summed E-state index contributed by atoms with van der Waals surface area (Å²) in [7, 11) is 1.33. The van der Waals surface area contributed by atoms with E-state index >= 15 is 0 Å². The first kappa shape index (κ1) is 21.9. The van der Waals surface area contributed by atoms with E-state index in [2.05, 4.69) is 25.2 Å². The number of aromatic nitrogens is 3. The van der Waals surface area contributed by atoms with Crippen molar-refractivity contribution in [3.05, 3.63) is 60.2 Å². The van der Waals surface area contributed by atoms with Gasteiger partial charge in [0, 0.05) is 18.8 Å². The van der Waals surface area contributed by atoms with E-state index in [0.717, 1.165) is 37.6 Å². The van der Waals surface area contributed by atoms with Crippen LogP contribution in [0, 0.1) is 0 Å². The first-order valence-corrected chi connectivity index (χ1v) is 11.5. The lowest BCUT2D eigenvalue weighted by Crippen LogP contribution is -2.31. The molecule has 0 saturated carbocycles. The standard InChI is InChI=1S/C23H25N5O3S/c1-31-21(30)17-10-12-18(13-11-17)24-20(29)16-32-23-26-25-22(27-14-6-3-7-15-27)28(23)19-8-4-2-5-9-19/h2,4-5,8-13H,3,6-7,14-16H2,1H3,(H,24,29). The molecule has 32 heavy (non-hydrogen) atoms.